The van der Waals surface area contributed by atoms with Gasteiger partial charge in [-0.05, 0) is 18.2 Å². The molecule has 1 N–H and O–H groups in total. The third kappa shape index (κ3) is 5.96. The second kappa shape index (κ2) is 8.80. The van der Waals surface area contributed by atoms with Gasteiger partial charge in [0.1, 0.15) is 5.82 Å². The normalized spacial score (nSPS) is 10.3. The molecular weight excluding hydrogens is 263 g/mol. The van der Waals surface area contributed by atoms with E-state index in [1.54, 1.807) is 25.2 Å². The van der Waals surface area contributed by atoms with Gasteiger partial charge in [0, 0.05) is 31.5 Å². The van der Waals surface area contributed by atoms with Gasteiger partial charge in [0.05, 0.1) is 0 Å². The van der Waals surface area contributed by atoms with Crippen molar-refractivity contribution < 1.29 is 9.18 Å². The highest BCUT2D eigenvalue weighted by Gasteiger charge is 2.10. The smallest absolute Gasteiger partial charge is 0.317 e. The number of benzene rings is 1. The number of hydrogen-bond donors (Lipinski definition) is 1. The minimum Gasteiger partial charge on any atom is -0.337 e. The average Bonchev–Trinajstić information content (AvgIpc) is 2.41. The quantitative estimate of drug-likeness (QED) is 0.780. The zero-order valence-corrected chi connectivity index (χ0v) is 12.3. The van der Waals surface area contributed by atoms with Gasteiger partial charge in [0.15, 0.2) is 0 Å². The van der Waals surface area contributed by atoms with Crippen LogP contribution in [0.4, 0.5) is 9.18 Å². The van der Waals surface area contributed by atoms with Crippen LogP contribution in [0.5, 0.6) is 0 Å². The Morgan fingerprint density at radius 3 is 2.79 bits per heavy atom. The Kier molecular flexibility index (Phi) is 7.33. The first-order valence-corrected chi connectivity index (χ1v) is 7.60. The van der Waals surface area contributed by atoms with Crippen LogP contribution in [0.2, 0.25) is 0 Å². The summed E-state index contributed by atoms with van der Waals surface area (Å²) in [7, 11) is 1.67. The number of carbonyl (C=O) groups is 1. The van der Waals surface area contributed by atoms with Crippen LogP contribution >= 0.6 is 11.8 Å². The molecule has 3 nitrogen and oxygen atoms in total. The van der Waals surface area contributed by atoms with E-state index in [0.717, 1.165) is 17.9 Å². The molecule has 106 valence electrons. The molecule has 0 aliphatic rings. The first-order valence-electron chi connectivity index (χ1n) is 6.45. The zero-order chi connectivity index (χ0) is 14.1. The molecule has 5 heteroatoms. The van der Waals surface area contributed by atoms with Crippen LogP contribution in [0.25, 0.3) is 0 Å². The highest BCUT2D eigenvalue weighted by Crippen LogP contribution is 2.08. The summed E-state index contributed by atoms with van der Waals surface area (Å²) in [5.41, 5.74) is 0.528. The van der Waals surface area contributed by atoms with Gasteiger partial charge in [0.2, 0.25) is 0 Å². The van der Waals surface area contributed by atoms with Crippen molar-refractivity contribution in [2.24, 2.45) is 0 Å². The molecule has 0 fully saturated rings. The highest BCUT2D eigenvalue weighted by atomic mass is 32.2. The van der Waals surface area contributed by atoms with Crippen LogP contribution in [-0.4, -0.2) is 36.0 Å². The average molecular weight is 284 g/mol. The summed E-state index contributed by atoms with van der Waals surface area (Å²) in [4.78, 5) is 13.3. The van der Waals surface area contributed by atoms with Gasteiger partial charge in [-0.2, -0.15) is 11.8 Å². The second-order valence-electron chi connectivity index (χ2n) is 4.29. The molecule has 1 rings (SSSR count). The van der Waals surface area contributed by atoms with Gasteiger partial charge in [-0.15, -0.1) is 0 Å². The standard InChI is InChI=1S/C14H21FN2OS/c1-3-9-19-10-8-16-14(18)17(2)11-12-6-4-5-7-13(12)15/h4-7H,3,8-11H2,1-2H3,(H,16,18). The molecule has 0 aliphatic carbocycles. The van der Waals surface area contributed by atoms with E-state index < -0.39 is 0 Å². The van der Waals surface area contributed by atoms with Crippen molar-refractivity contribution in [2.45, 2.75) is 19.9 Å². The molecule has 0 aliphatic heterocycles. The number of rotatable bonds is 7. The van der Waals surface area contributed by atoms with Crippen molar-refractivity contribution in [3.05, 3.63) is 35.6 Å². The monoisotopic (exact) mass is 284 g/mol. The van der Waals surface area contributed by atoms with Crippen LogP contribution < -0.4 is 5.32 Å². The maximum atomic E-state index is 13.4. The van der Waals surface area contributed by atoms with E-state index in [4.69, 9.17) is 0 Å². The first-order chi connectivity index (χ1) is 9.15. The van der Waals surface area contributed by atoms with Gasteiger partial charge < -0.3 is 10.2 Å². The van der Waals surface area contributed by atoms with Gasteiger partial charge in [-0.25, -0.2) is 9.18 Å². The summed E-state index contributed by atoms with van der Waals surface area (Å²) in [6.07, 6.45) is 1.14. The van der Waals surface area contributed by atoms with Crippen molar-refractivity contribution in [3.63, 3.8) is 0 Å². The highest BCUT2D eigenvalue weighted by molar-refractivity contribution is 7.99. The lowest BCUT2D eigenvalue weighted by Crippen LogP contribution is -2.38. The van der Waals surface area contributed by atoms with Crippen molar-refractivity contribution in [1.82, 2.24) is 10.2 Å². The fraction of sp³-hybridized carbons (Fsp3) is 0.500. The minimum atomic E-state index is -0.277. The summed E-state index contributed by atoms with van der Waals surface area (Å²) in [6.45, 7) is 3.06. The molecule has 0 spiro atoms. The Morgan fingerprint density at radius 1 is 1.37 bits per heavy atom. The van der Waals surface area contributed by atoms with Crippen molar-refractivity contribution >= 4 is 17.8 Å². The molecule has 2 amide bonds. The lowest BCUT2D eigenvalue weighted by Gasteiger charge is -2.18. The largest absolute Gasteiger partial charge is 0.337 e. The van der Waals surface area contributed by atoms with E-state index in [1.165, 1.54) is 11.0 Å². The zero-order valence-electron chi connectivity index (χ0n) is 11.5. The van der Waals surface area contributed by atoms with E-state index in [1.807, 2.05) is 11.8 Å². The maximum Gasteiger partial charge on any atom is 0.317 e. The SMILES string of the molecule is CCCSCCNC(=O)N(C)Cc1ccccc1F. The second-order valence-corrected chi connectivity index (χ2v) is 5.52. The summed E-state index contributed by atoms with van der Waals surface area (Å²) in [5, 5.41) is 2.82. The van der Waals surface area contributed by atoms with E-state index in [0.29, 0.717) is 12.1 Å². The lowest BCUT2D eigenvalue weighted by molar-refractivity contribution is 0.207. The van der Waals surface area contributed by atoms with E-state index in [9.17, 15) is 9.18 Å². The molecule has 0 saturated carbocycles. The fourth-order valence-corrected chi connectivity index (χ4v) is 2.30. The van der Waals surface area contributed by atoms with Crippen LogP contribution in [-0.2, 0) is 6.54 Å². The maximum absolute atomic E-state index is 13.4. The predicted octanol–water partition coefficient (Wildman–Crippen LogP) is 3.11. The molecule has 0 atom stereocenters. The van der Waals surface area contributed by atoms with Gasteiger partial charge in [0.25, 0.3) is 0 Å². The Labute approximate surface area is 118 Å². The van der Waals surface area contributed by atoms with Crippen LogP contribution in [0.15, 0.2) is 24.3 Å². The van der Waals surface area contributed by atoms with E-state index in [2.05, 4.69) is 12.2 Å². The molecule has 1 aromatic carbocycles. The number of thioether (sulfide) groups is 1. The third-order valence-electron chi connectivity index (χ3n) is 2.58. The predicted molar refractivity (Wildman–Crippen MR) is 78.9 cm³/mol. The third-order valence-corrected chi connectivity index (χ3v) is 3.77. The van der Waals surface area contributed by atoms with Crippen molar-refractivity contribution in [1.29, 1.82) is 0 Å². The molecule has 0 heterocycles. The molecule has 0 saturated heterocycles. The Bertz CT molecular complexity index is 401. The van der Waals surface area contributed by atoms with Crippen molar-refractivity contribution in [2.75, 3.05) is 25.1 Å². The van der Waals surface area contributed by atoms with Crippen LogP contribution in [0.1, 0.15) is 18.9 Å². The number of nitrogens with zero attached hydrogens (tertiary/aromatic N) is 1. The molecule has 0 radical (unpaired) electrons. The number of hydrogen-bond acceptors (Lipinski definition) is 2. The Hall–Kier alpha value is -1.23. The number of carbonyl (C=O) groups excluding carboxylic acids is 1. The molecule has 19 heavy (non-hydrogen) atoms. The van der Waals surface area contributed by atoms with E-state index in [-0.39, 0.29) is 18.4 Å². The van der Waals surface area contributed by atoms with E-state index >= 15 is 0 Å². The van der Waals surface area contributed by atoms with Gasteiger partial charge in [-0.1, -0.05) is 25.1 Å². The summed E-state index contributed by atoms with van der Waals surface area (Å²) < 4.78 is 13.4. The molecular formula is C14H21FN2OS. The first kappa shape index (κ1) is 15.8. The molecule has 1 aromatic rings. The van der Waals surface area contributed by atoms with Crippen molar-refractivity contribution in [3.8, 4) is 0 Å². The lowest BCUT2D eigenvalue weighted by atomic mass is 10.2. The summed E-state index contributed by atoms with van der Waals surface area (Å²) in [5.74, 6) is 1.74. The molecule has 0 aromatic heterocycles. The molecule has 0 unspecified atom stereocenters. The summed E-state index contributed by atoms with van der Waals surface area (Å²) in [6, 6.07) is 6.34. The Balaban J connectivity index is 2.31. The number of amides is 2. The van der Waals surface area contributed by atoms with Crippen LogP contribution in [0.3, 0.4) is 0 Å². The van der Waals surface area contributed by atoms with Gasteiger partial charge >= 0.3 is 6.03 Å². The number of nitrogens with one attached hydrogen (secondary N) is 1. The molecule has 0 bridgehead atoms. The Morgan fingerprint density at radius 2 is 2.11 bits per heavy atom. The fourth-order valence-electron chi connectivity index (χ4n) is 1.57. The van der Waals surface area contributed by atoms with Gasteiger partial charge in [-0.3, -0.25) is 0 Å². The number of halogens is 1. The van der Waals surface area contributed by atoms with Crippen LogP contribution in [0, 0.1) is 5.82 Å². The summed E-state index contributed by atoms with van der Waals surface area (Å²) >= 11 is 1.82. The topological polar surface area (TPSA) is 32.3 Å². The minimum absolute atomic E-state index is 0.166. The number of urea groups is 1.